The van der Waals surface area contributed by atoms with Gasteiger partial charge in [0.2, 0.25) is 0 Å². The number of rotatable bonds is 2. The van der Waals surface area contributed by atoms with E-state index in [1.165, 1.54) is 13.0 Å². The van der Waals surface area contributed by atoms with E-state index < -0.39 is 0 Å². The Bertz CT molecular complexity index is 202. The van der Waals surface area contributed by atoms with Crippen molar-refractivity contribution in [2.45, 2.75) is 32.7 Å². The van der Waals surface area contributed by atoms with Crippen molar-refractivity contribution in [1.29, 1.82) is 0 Å². The minimum absolute atomic E-state index is 0.364. The van der Waals surface area contributed by atoms with E-state index in [-0.39, 0.29) is 0 Å². The van der Waals surface area contributed by atoms with Crippen molar-refractivity contribution in [3.8, 4) is 11.8 Å². The van der Waals surface area contributed by atoms with E-state index in [2.05, 4.69) is 23.7 Å². The zero-order valence-electron chi connectivity index (χ0n) is 8.71. The van der Waals surface area contributed by atoms with Gasteiger partial charge in [-0.2, -0.15) is 0 Å². The van der Waals surface area contributed by atoms with Crippen LogP contribution in [-0.4, -0.2) is 30.6 Å². The quantitative estimate of drug-likeness (QED) is 0.644. The third-order valence-electron chi connectivity index (χ3n) is 2.83. The molecule has 74 valence electrons. The highest BCUT2D eigenvalue weighted by Crippen LogP contribution is 2.15. The third kappa shape index (κ3) is 3.38. The smallest absolute Gasteiger partial charge is 0.0216 e. The van der Waals surface area contributed by atoms with Gasteiger partial charge >= 0.3 is 0 Å². The molecule has 1 aliphatic heterocycles. The molecule has 2 atom stereocenters. The predicted molar refractivity (Wildman–Crippen MR) is 56.3 cm³/mol. The lowest BCUT2D eigenvalue weighted by atomic mass is 9.94. The van der Waals surface area contributed by atoms with Crippen LogP contribution in [0.1, 0.15) is 26.7 Å². The Hall–Kier alpha value is -0.520. The van der Waals surface area contributed by atoms with E-state index in [4.69, 9.17) is 5.73 Å². The lowest BCUT2D eigenvalue weighted by molar-refractivity contribution is 0.172. The minimum Gasteiger partial charge on any atom is -0.326 e. The summed E-state index contributed by atoms with van der Waals surface area (Å²) in [6.45, 7) is 7.46. The van der Waals surface area contributed by atoms with Crippen molar-refractivity contribution in [2.75, 3.05) is 19.6 Å². The fourth-order valence-corrected chi connectivity index (χ4v) is 1.71. The van der Waals surface area contributed by atoms with Gasteiger partial charge in [0.1, 0.15) is 0 Å². The van der Waals surface area contributed by atoms with Crippen LogP contribution in [0.3, 0.4) is 0 Å². The van der Waals surface area contributed by atoms with Crippen LogP contribution in [-0.2, 0) is 0 Å². The van der Waals surface area contributed by atoms with Crippen LogP contribution < -0.4 is 5.73 Å². The summed E-state index contributed by atoms with van der Waals surface area (Å²) >= 11 is 0. The third-order valence-corrected chi connectivity index (χ3v) is 2.83. The standard InChI is InChI=1S/C11H20N2/c1-3-4-5-7-13-8-6-10(2)11(12)9-13/h10-11H,5-9,12H2,1-2H3. The molecule has 13 heavy (non-hydrogen) atoms. The second-order valence-corrected chi connectivity index (χ2v) is 3.91. The fourth-order valence-electron chi connectivity index (χ4n) is 1.71. The van der Waals surface area contributed by atoms with Gasteiger partial charge in [0.25, 0.3) is 0 Å². The molecule has 1 rings (SSSR count). The van der Waals surface area contributed by atoms with Gasteiger partial charge in [-0.15, -0.1) is 11.8 Å². The van der Waals surface area contributed by atoms with E-state index in [0.29, 0.717) is 12.0 Å². The second-order valence-electron chi connectivity index (χ2n) is 3.91. The highest BCUT2D eigenvalue weighted by atomic mass is 15.1. The van der Waals surface area contributed by atoms with Gasteiger partial charge in [-0.25, -0.2) is 0 Å². The number of nitrogens with zero attached hydrogens (tertiary/aromatic N) is 1. The Morgan fingerprint density at radius 1 is 1.54 bits per heavy atom. The van der Waals surface area contributed by atoms with Crippen molar-refractivity contribution in [3.63, 3.8) is 0 Å². The average molecular weight is 180 g/mol. The maximum atomic E-state index is 6.00. The molecule has 0 amide bonds. The molecule has 1 aliphatic rings. The highest BCUT2D eigenvalue weighted by molar-refractivity contribution is 4.95. The molecule has 0 radical (unpaired) electrons. The maximum absolute atomic E-state index is 6.00. The molecule has 1 heterocycles. The van der Waals surface area contributed by atoms with Crippen molar-refractivity contribution < 1.29 is 0 Å². The number of likely N-dealkylation sites (tertiary alicyclic amines) is 1. The molecule has 0 bridgehead atoms. The molecule has 0 aromatic heterocycles. The van der Waals surface area contributed by atoms with Crippen LogP contribution in [0.2, 0.25) is 0 Å². The lowest BCUT2D eigenvalue weighted by Gasteiger charge is -2.34. The van der Waals surface area contributed by atoms with Crippen molar-refractivity contribution in [1.82, 2.24) is 4.90 Å². The Morgan fingerprint density at radius 3 is 2.92 bits per heavy atom. The average Bonchev–Trinajstić information content (AvgIpc) is 2.12. The predicted octanol–water partition coefficient (Wildman–Crippen LogP) is 1.07. The van der Waals surface area contributed by atoms with Gasteiger partial charge in [0.15, 0.2) is 0 Å². The monoisotopic (exact) mass is 180 g/mol. The molecule has 0 aliphatic carbocycles. The zero-order valence-corrected chi connectivity index (χ0v) is 8.71. The number of hydrogen-bond donors (Lipinski definition) is 1. The number of hydrogen-bond acceptors (Lipinski definition) is 2. The maximum Gasteiger partial charge on any atom is 0.0216 e. The van der Waals surface area contributed by atoms with Crippen LogP contribution in [0.4, 0.5) is 0 Å². The number of nitrogens with two attached hydrogens (primary N) is 1. The first kappa shape index (κ1) is 10.6. The van der Waals surface area contributed by atoms with E-state index in [1.807, 2.05) is 6.92 Å². The molecule has 0 saturated carbocycles. The molecule has 1 fully saturated rings. The van der Waals surface area contributed by atoms with Crippen LogP contribution in [0.5, 0.6) is 0 Å². The molecular formula is C11H20N2. The first-order chi connectivity index (χ1) is 6.24. The first-order valence-corrected chi connectivity index (χ1v) is 5.11. The van der Waals surface area contributed by atoms with Gasteiger partial charge < -0.3 is 10.6 Å². The van der Waals surface area contributed by atoms with Gasteiger partial charge in [-0.05, 0) is 25.8 Å². The van der Waals surface area contributed by atoms with Gasteiger partial charge in [-0.3, -0.25) is 0 Å². The summed E-state index contributed by atoms with van der Waals surface area (Å²) in [5.41, 5.74) is 6.00. The zero-order chi connectivity index (χ0) is 9.68. The Balaban J connectivity index is 2.24. The summed E-state index contributed by atoms with van der Waals surface area (Å²) in [5.74, 6) is 6.70. The van der Waals surface area contributed by atoms with E-state index in [1.54, 1.807) is 0 Å². The first-order valence-electron chi connectivity index (χ1n) is 5.11. The van der Waals surface area contributed by atoms with Crippen LogP contribution >= 0.6 is 0 Å². The molecule has 2 heteroatoms. The lowest BCUT2D eigenvalue weighted by Crippen LogP contribution is -2.47. The normalized spacial score (nSPS) is 29.5. The van der Waals surface area contributed by atoms with Gasteiger partial charge in [0.05, 0.1) is 0 Å². The van der Waals surface area contributed by atoms with Crippen molar-refractivity contribution >= 4 is 0 Å². The highest BCUT2D eigenvalue weighted by Gasteiger charge is 2.22. The molecule has 1 saturated heterocycles. The van der Waals surface area contributed by atoms with Crippen molar-refractivity contribution in [3.05, 3.63) is 0 Å². The molecule has 0 aromatic carbocycles. The second kappa shape index (κ2) is 5.26. The van der Waals surface area contributed by atoms with E-state index in [9.17, 15) is 0 Å². The summed E-state index contributed by atoms with van der Waals surface area (Å²) in [7, 11) is 0. The van der Waals surface area contributed by atoms with Crippen LogP contribution in [0, 0.1) is 17.8 Å². The Morgan fingerprint density at radius 2 is 2.31 bits per heavy atom. The van der Waals surface area contributed by atoms with Crippen LogP contribution in [0.15, 0.2) is 0 Å². The number of piperidine rings is 1. The fraction of sp³-hybridized carbons (Fsp3) is 0.818. The summed E-state index contributed by atoms with van der Waals surface area (Å²) in [6, 6.07) is 0.364. The van der Waals surface area contributed by atoms with E-state index in [0.717, 1.165) is 19.5 Å². The van der Waals surface area contributed by atoms with Gasteiger partial charge in [0, 0.05) is 25.6 Å². The molecular weight excluding hydrogens is 160 g/mol. The minimum atomic E-state index is 0.364. The van der Waals surface area contributed by atoms with Crippen LogP contribution in [0.25, 0.3) is 0 Å². The molecule has 0 aromatic rings. The van der Waals surface area contributed by atoms with Crippen molar-refractivity contribution in [2.24, 2.45) is 11.7 Å². The summed E-state index contributed by atoms with van der Waals surface area (Å²) < 4.78 is 0. The Labute approximate surface area is 81.5 Å². The molecule has 2 N–H and O–H groups in total. The summed E-state index contributed by atoms with van der Waals surface area (Å²) in [4.78, 5) is 2.43. The van der Waals surface area contributed by atoms with Gasteiger partial charge in [-0.1, -0.05) is 6.92 Å². The Kier molecular flexibility index (Phi) is 4.27. The topological polar surface area (TPSA) is 29.3 Å². The molecule has 0 spiro atoms. The molecule has 2 nitrogen and oxygen atoms in total. The molecule has 2 unspecified atom stereocenters. The van der Waals surface area contributed by atoms with E-state index >= 15 is 0 Å². The SMILES string of the molecule is CC#CCCN1CCC(C)C(N)C1. The largest absolute Gasteiger partial charge is 0.326 e. The summed E-state index contributed by atoms with van der Waals surface area (Å²) in [5, 5.41) is 0. The summed E-state index contributed by atoms with van der Waals surface area (Å²) in [6.07, 6.45) is 2.22.